The highest BCUT2D eigenvalue weighted by molar-refractivity contribution is 6.08. The summed E-state index contributed by atoms with van der Waals surface area (Å²) in [6.07, 6.45) is 4.08. The Labute approximate surface area is 159 Å². The minimum atomic E-state index is 0.0129. The molecule has 5 nitrogen and oxygen atoms in total. The van der Waals surface area contributed by atoms with E-state index in [4.69, 9.17) is 4.74 Å². The van der Waals surface area contributed by atoms with Crippen LogP contribution in [-0.4, -0.2) is 34.5 Å². The van der Waals surface area contributed by atoms with Crippen LogP contribution in [0.3, 0.4) is 0 Å². The smallest absolute Gasteiger partial charge is 0.256 e. The van der Waals surface area contributed by atoms with Gasteiger partial charge in [-0.05, 0) is 56.0 Å². The number of nitrogens with zero attached hydrogens (tertiary/aromatic N) is 3. The molecule has 0 saturated heterocycles. The molecule has 27 heavy (non-hydrogen) atoms. The summed E-state index contributed by atoms with van der Waals surface area (Å²) in [6.45, 7) is 2.00. The summed E-state index contributed by atoms with van der Waals surface area (Å²) in [6, 6.07) is 11.8. The molecule has 2 heterocycles. The lowest BCUT2D eigenvalue weighted by Gasteiger charge is -2.28. The van der Waals surface area contributed by atoms with Gasteiger partial charge in [0.05, 0.1) is 24.4 Å². The van der Waals surface area contributed by atoms with E-state index in [1.807, 2.05) is 62.3 Å². The van der Waals surface area contributed by atoms with E-state index in [9.17, 15) is 4.79 Å². The lowest BCUT2D eigenvalue weighted by molar-refractivity contribution is 0.0708. The van der Waals surface area contributed by atoms with E-state index in [1.165, 1.54) is 0 Å². The average Bonchev–Trinajstić information content (AvgIpc) is 3.49. The van der Waals surface area contributed by atoms with Gasteiger partial charge in [0.2, 0.25) is 0 Å². The van der Waals surface area contributed by atoms with Crippen molar-refractivity contribution in [3.63, 3.8) is 0 Å². The van der Waals surface area contributed by atoms with Gasteiger partial charge in [0.15, 0.2) is 0 Å². The topological polar surface area (TPSA) is 47.4 Å². The summed E-state index contributed by atoms with van der Waals surface area (Å²) in [5, 5.41) is 0.932. The van der Waals surface area contributed by atoms with E-state index >= 15 is 0 Å². The second-order valence-corrected chi connectivity index (χ2v) is 7.36. The van der Waals surface area contributed by atoms with Crippen molar-refractivity contribution in [3.05, 3.63) is 59.5 Å². The molecule has 2 aromatic heterocycles. The first-order chi connectivity index (χ1) is 13.0. The number of rotatable bonds is 5. The molecule has 1 aromatic carbocycles. The Morgan fingerprint density at radius 3 is 2.70 bits per heavy atom. The van der Waals surface area contributed by atoms with E-state index in [2.05, 4.69) is 9.55 Å². The van der Waals surface area contributed by atoms with Gasteiger partial charge in [0, 0.05) is 36.9 Å². The molecule has 1 unspecified atom stereocenters. The van der Waals surface area contributed by atoms with E-state index < -0.39 is 0 Å². The summed E-state index contributed by atoms with van der Waals surface area (Å²) in [5.74, 6) is 1.28. The SMILES string of the molecule is COc1ccc2c(c1)c(C(=O)N(C)C(c1ccccn1)C1CC1)c(C)n2C. The maximum atomic E-state index is 13.6. The molecule has 4 rings (SSSR count). The Balaban J connectivity index is 1.78. The Hall–Kier alpha value is -2.82. The molecule has 3 aromatic rings. The molecule has 0 radical (unpaired) electrons. The molecule has 1 aliphatic rings. The Morgan fingerprint density at radius 2 is 2.07 bits per heavy atom. The molecule has 0 bridgehead atoms. The largest absolute Gasteiger partial charge is 0.497 e. The average molecular weight is 363 g/mol. The van der Waals surface area contributed by atoms with Gasteiger partial charge in [-0.25, -0.2) is 0 Å². The predicted octanol–water partition coefficient (Wildman–Crippen LogP) is 4.11. The predicted molar refractivity (Wildman–Crippen MR) is 106 cm³/mol. The standard InChI is InChI=1S/C22H25N3O2/c1-14-20(17-13-16(27-4)10-11-19(17)24(14)2)22(26)25(3)21(15-8-9-15)18-7-5-6-12-23-18/h5-7,10-13,15,21H,8-9H2,1-4H3. The fraction of sp³-hybridized carbons (Fsp3) is 0.364. The van der Waals surface area contributed by atoms with Crippen LogP contribution in [0, 0.1) is 12.8 Å². The first-order valence-electron chi connectivity index (χ1n) is 9.34. The summed E-state index contributed by atoms with van der Waals surface area (Å²) in [5.41, 5.74) is 3.71. The molecule has 1 atom stereocenters. The first kappa shape index (κ1) is 17.6. The van der Waals surface area contributed by atoms with E-state index in [0.717, 1.165) is 46.4 Å². The van der Waals surface area contributed by atoms with Crippen molar-refractivity contribution < 1.29 is 9.53 Å². The van der Waals surface area contributed by atoms with Crippen LogP contribution >= 0.6 is 0 Å². The Bertz CT molecular complexity index is 990. The molecule has 0 N–H and O–H groups in total. The number of ether oxygens (including phenoxy) is 1. The van der Waals surface area contributed by atoms with Crippen LogP contribution in [-0.2, 0) is 7.05 Å². The van der Waals surface area contributed by atoms with Gasteiger partial charge in [0.1, 0.15) is 5.75 Å². The van der Waals surface area contributed by atoms with Crippen molar-refractivity contribution in [2.24, 2.45) is 13.0 Å². The van der Waals surface area contributed by atoms with Crippen LogP contribution in [0.15, 0.2) is 42.6 Å². The van der Waals surface area contributed by atoms with Gasteiger partial charge < -0.3 is 14.2 Å². The van der Waals surface area contributed by atoms with Gasteiger partial charge in [-0.15, -0.1) is 0 Å². The quantitative estimate of drug-likeness (QED) is 0.685. The lowest BCUT2D eigenvalue weighted by atomic mass is 10.0. The molecule has 0 aliphatic heterocycles. The van der Waals surface area contributed by atoms with Gasteiger partial charge >= 0.3 is 0 Å². The van der Waals surface area contributed by atoms with E-state index in [0.29, 0.717) is 5.92 Å². The summed E-state index contributed by atoms with van der Waals surface area (Å²) >= 11 is 0. The Kier molecular flexibility index (Phi) is 4.38. The summed E-state index contributed by atoms with van der Waals surface area (Å²) in [7, 11) is 5.55. The van der Waals surface area contributed by atoms with Crippen LogP contribution < -0.4 is 4.74 Å². The second kappa shape index (κ2) is 6.72. The van der Waals surface area contributed by atoms with Crippen LogP contribution in [0.2, 0.25) is 0 Å². The molecule has 0 spiro atoms. The third kappa shape index (κ3) is 2.97. The first-order valence-corrected chi connectivity index (χ1v) is 9.34. The highest BCUT2D eigenvalue weighted by Crippen LogP contribution is 2.44. The lowest BCUT2D eigenvalue weighted by Crippen LogP contribution is -2.33. The van der Waals surface area contributed by atoms with Crippen molar-refractivity contribution in [3.8, 4) is 5.75 Å². The Morgan fingerprint density at radius 1 is 1.30 bits per heavy atom. The van der Waals surface area contributed by atoms with Gasteiger partial charge in [-0.3, -0.25) is 9.78 Å². The highest BCUT2D eigenvalue weighted by atomic mass is 16.5. The number of fused-ring (bicyclic) bond motifs is 1. The zero-order valence-corrected chi connectivity index (χ0v) is 16.3. The van der Waals surface area contributed by atoms with Gasteiger partial charge in [-0.2, -0.15) is 0 Å². The number of carbonyl (C=O) groups is 1. The van der Waals surface area contributed by atoms with Gasteiger partial charge in [-0.1, -0.05) is 6.07 Å². The van der Waals surface area contributed by atoms with Gasteiger partial charge in [0.25, 0.3) is 5.91 Å². The number of aromatic nitrogens is 2. The number of methoxy groups -OCH3 is 1. The summed E-state index contributed by atoms with van der Waals surface area (Å²) in [4.78, 5) is 20.0. The van der Waals surface area contributed by atoms with Crippen molar-refractivity contribution in [1.82, 2.24) is 14.5 Å². The van der Waals surface area contributed by atoms with Crippen LogP contribution in [0.1, 0.15) is 40.6 Å². The van der Waals surface area contributed by atoms with Crippen molar-refractivity contribution in [2.75, 3.05) is 14.2 Å². The second-order valence-electron chi connectivity index (χ2n) is 7.36. The van der Waals surface area contributed by atoms with Crippen LogP contribution in [0.25, 0.3) is 10.9 Å². The van der Waals surface area contributed by atoms with Crippen molar-refractivity contribution >= 4 is 16.8 Å². The molecular weight excluding hydrogens is 338 g/mol. The molecule has 1 fully saturated rings. The minimum Gasteiger partial charge on any atom is -0.497 e. The van der Waals surface area contributed by atoms with E-state index in [1.54, 1.807) is 13.3 Å². The van der Waals surface area contributed by atoms with Crippen LogP contribution in [0.4, 0.5) is 0 Å². The molecule has 1 amide bonds. The molecule has 5 heteroatoms. The molecular formula is C22H25N3O2. The maximum Gasteiger partial charge on any atom is 0.256 e. The van der Waals surface area contributed by atoms with E-state index in [-0.39, 0.29) is 11.9 Å². The number of benzene rings is 1. The number of hydrogen-bond donors (Lipinski definition) is 0. The van der Waals surface area contributed by atoms with Crippen molar-refractivity contribution in [1.29, 1.82) is 0 Å². The zero-order valence-electron chi connectivity index (χ0n) is 16.3. The fourth-order valence-electron chi connectivity index (χ4n) is 3.97. The van der Waals surface area contributed by atoms with Crippen LogP contribution in [0.5, 0.6) is 5.75 Å². The summed E-state index contributed by atoms with van der Waals surface area (Å²) < 4.78 is 7.46. The number of aryl methyl sites for hydroxylation is 1. The number of pyridine rings is 1. The third-order valence-electron chi connectivity index (χ3n) is 5.71. The maximum absolute atomic E-state index is 13.6. The number of carbonyl (C=O) groups excluding carboxylic acids is 1. The molecule has 1 aliphatic carbocycles. The third-order valence-corrected chi connectivity index (χ3v) is 5.71. The molecule has 1 saturated carbocycles. The highest BCUT2D eigenvalue weighted by Gasteiger charge is 2.38. The molecule has 140 valence electrons. The minimum absolute atomic E-state index is 0.0129. The monoisotopic (exact) mass is 363 g/mol. The fourth-order valence-corrected chi connectivity index (χ4v) is 3.97. The number of hydrogen-bond acceptors (Lipinski definition) is 3. The van der Waals surface area contributed by atoms with Crippen molar-refractivity contribution in [2.45, 2.75) is 25.8 Å². The number of amides is 1. The normalized spacial score (nSPS) is 15.0. The zero-order chi connectivity index (χ0) is 19.1.